The van der Waals surface area contributed by atoms with Crippen molar-refractivity contribution in [3.05, 3.63) is 0 Å². The Bertz CT molecular complexity index is 160. The predicted molar refractivity (Wildman–Crippen MR) is 38.9 cm³/mol. The molecule has 1 rings (SSSR count). The van der Waals surface area contributed by atoms with Crippen LogP contribution in [0, 0.1) is 0 Å². The molecule has 2 N–H and O–H groups in total. The highest BCUT2D eigenvalue weighted by Gasteiger charge is 2.36. The van der Waals surface area contributed by atoms with Crippen LogP contribution in [0.25, 0.3) is 0 Å². The zero-order valence-corrected chi connectivity index (χ0v) is 6.53. The molecule has 1 saturated heterocycles. The van der Waals surface area contributed by atoms with Crippen LogP contribution in [-0.2, 0) is 4.79 Å². The lowest BCUT2D eigenvalue weighted by molar-refractivity contribution is -0.129. The standard InChI is InChI=1S/C7H13NO3/c1-2-8-5(4-9)6(10)3-7(8)11/h5-6,9-10H,2-4H2,1H3. The van der Waals surface area contributed by atoms with E-state index in [4.69, 9.17) is 5.11 Å². The van der Waals surface area contributed by atoms with Crippen molar-refractivity contribution in [1.82, 2.24) is 4.90 Å². The number of likely N-dealkylation sites (N-methyl/N-ethyl adjacent to an activating group) is 1. The summed E-state index contributed by atoms with van der Waals surface area (Å²) in [6.45, 7) is 2.24. The molecule has 4 nitrogen and oxygen atoms in total. The van der Waals surface area contributed by atoms with Crippen molar-refractivity contribution in [2.75, 3.05) is 13.2 Å². The molecule has 11 heavy (non-hydrogen) atoms. The fourth-order valence-electron chi connectivity index (χ4n) is 1.46. The van der Waals surface area contributed by atoms with E-state index >= 15 is 0 Å². The number of carbonyl (C=O) groups is 1. The van der Waals surface area contributed by atoms with E-state index in [1.807, 2.05) is 6.92 Å². The molecule has 2 unspecified atom stereocenters. The normalized spacial score (nSPS) is 31.5. The molecule has 0 aromatic heterocycles. The lowest BCUT2D eigenvalue weighted by Crippen LogP contribution is -2.39. The third kappa shape index (κ3) is 1.36. The third-order valence-electron chi connectivity index (χ3n) is 2.08. The molecular formula is C7H13NO3. The van der Waals surface area contributed by atoms with E-state index in [-0.39, 0.29) is 25.0 Å². The SMILES string of the molecule is CCN1C(=O)CC(O)C1CO. The van der Waals surface area contributed by atoms with Crippen molar-refractivity contribution < 1.29 is 15.0 Å². The number of aliphatic hydroxyl groups is 2. The molecule has 2 atom stereocenters. The number of carbonyl (C=O) groups excluding carboxylic acids is 1. The number of hydrogen-bond donors (Lipinski definition) is 2. The molecule has 1 amide bonds. The molecule has 1 heterocycles. The Morgan fingerprint density at radius 2 is 2.36 bits per heavy atom. The van der Waals surface area contributed by atoms with Crippen molar-refractivity contribution >= 4 is 5.91 Å². The van der Waals surface area contributed by atoms with Crippen molar-refractivity contribution in [2.45, 2.75) is 25.5 Å². The summed E-state index contributed by atoms with van der Waals surface area (Å²) in [5, 5.41) is 18.0. The maximum absolute atomic E-state index is 11.0. The van der Waals surface area contributed by atoms with Gasteiger partial charge in [-0.2, -0.15) is 0 Å². The lowest BCUT2D eigenvalue weighted by Gasteiger charge is -2.22. The molecule has 1 aliphatic rings. The summed E-state index contributed by atoms with van der Waals surface area (Å²) in [6.07, 6.45) is -0.536. The van der Waals surface area contributed by atoms with Crippen LogP contribution < -0.4 is 0 Å². The van der Waals surface area contributed by atoms with E-state index < -0.39 is 6.10 Å². The van der Waals surface area contributed by atoms with Crippen molar-refractivity contribution in [2.24, 2.45) is 0 Å². The van der Waals surface area contributed by atoms with Gasteiger partial charge in [-0.25, -0.2) is 0 Å². The van der Waals surface area contributed by atoms with Crippen molar-refractivity contribution in [3.8, 4) is 0 Å². The zero-order valence-electron chi connectivity index (χ0n) is 6.53. The van der Waals surface area contributed by atoms with Crippen molar-refractivity contribution in [1.29, 1.82) is 0 Å². The third-order valence-corrected chi connectivity index (χ3v) is 2.08. The van der Waals surface area contributed by atoms with E-state index in [0.717, 1.165) is 0 Å². The summed E-state index contributed by atoms with van der Waals surface area (Å²) < 4.78 is 0. The number of nitrogens with zero attached hydrogens (tertiary/aromatic N) is 1. The summed E-state index contributed by atoms with van der Waals surface area (Å²) in [6, 6.07) is -0.382. The van der Waals surface area contributed by atoms with Crippen LogP contribution in [0.3, 0.4) is 0 Å². The minimum atomic E-state index is -0.688. The van der Waals surface area contributed by atoms with E-state index in [0.29, 0.717) is 6.54 Å². The van der Waals surface area contributed by atoms with Gasteiger partial charge in [-0.1, -0.05) is 0 Å². The quantitative estimate of drug-likeness (QED) is 0.541. The average molecular weight is 159 g/mol. The molecule has 0 aromatic carbocycles. The second-order valence-electron chi connectivity index (χ2n) is 2.70. The Labute approximate surface area is 65.4 Å². The van der Waals surface area contributed by atoms with Crippen LogP contribution in [0.1, 0.15) is 13.3 Å². The van der Waals surface area contributed by atoms with Gasteiger partial charge in [0.05, 0.1) is 25.2 Å². The molecular weight excluding hydrogens is 146 g/mol. The van der Waals surface area contributed by atoms with Gasteiger partial charge in [0.1, 0.15) is 0 Å². The molecule has 4 heteroatoms. The van der Waals surface area contributed by atoms with Crippen LogP contribution in [0.4, 0.5) is 0 Å². The minimum Gasteiger partial charge on any atom is -0.394 e. The van der Waals surface area contributed by atoms with Gasteiger partial charge in [-0.05, 0) is 6.92 Å². The molecule has 1 aliphatic heterocycles. The molecule has 0 saturated carbocycles. The Kier molecular flexibility index (Phi) is 2.46. The molecule has 0 aliphatic carbocycles. The highest BCUT2D eigenvalue weighted by Crippen LogP contribution is 2.17. The van der Waals surface area contributed by atoms with Crippen LogP contribution in [-0.4, -0.2) is 46.3 Å². The number of aliphatic hydroxyl groups excluding tert-OH is 2. The Hall–Kier alpha value is -0.610. The van der Waals surface area contributed by atoms with Gasteiger partial charge in [-0.3, -0.25) is 4.79 Å². The highest BCUT2D eigenvalue weighted by molar-refractivity contribution is 5.79. The average Bonchev–Trinajstić information content (AvgIpc) is 2.24. The molecule has 64 valence electrons. The van der Waals surface area contributed by atoms with Gasteiger partial charge in [0.25, 0.3) is 0 Å². The number of hydrogen-bond acceptors (Lipinski definition) is 3. The van der Waals surface area contributed by atoms with Gasteiger partial charge >= 0.3 is 0 Å². The maximum atomic E-state index is 11.0. The van der Waals surface area contributed by atoms with E-state index in [1.165, 1.54) is 4.90 Å². The minimum absolute atomic E-state index is 0.0703. The summed E-state index contributed by atoms with van der Waals surface area (Å²) in [5.74, 6) is -0.0703. The highest BCUT2D eigenvalue weighted by atomic mass is 16.3. The van der Waals surface area contributed by atoms with Gasteiger partial charge < -0.3 is 15.1 Å². The predicted octanol–water partition coefficient (Wildman–Crippen LogP) is -1.04. The fourth-order valence-corrected chi connectivity index (χ4v) is 1.46. The van der Waals surface area contributed by atoms with E-state index in [9.17, 15) is 9.90 Å². The van der Waals surface area contributed by atoms with Gasteiger partial charge in [0.15, 0.2) is 0 Å². The van der Waals surface area contributed by atoms with Crippen LogP contribution in [0.2, 0.25) is 0 Å². The summed E-state index contributed by atoms with van der Waals surface area (Å²) in [7, 11) is 0. The Morgan fingerprint density at radius 1 is 1.73 bits per heavy atom. The monoisotopic (exact) mass is 159 g/mol. The second kappa shape index (κ2) is 3.19. The maximum Gasteiger partial charge on any atom is 0.225 e. The number of amides is 1. The van der Waals surface area contributed by atoms with Gasteiger partial charge in [0.2, 0.25) is 5.91 Å². The van der Waals surface area contributed by atoms with Crippen LogP contribution >= 0.6 is 0 Å². The number of rotatable bonds is 2. The summed E-state index contributed by atoms with van der Waals surface area (Å²) in [5.41, 5.74) is 0. The fraction of sp³-hybridized carbons (Fsp3) is 0.857. The smallest absolute Gasteiger partial charge is 0.225 e. The second-order valence-corrected chi connectivity index (χ2v) is 2.70. The van der Waals surface area contributed by atoms with Gasteiger partial charge in [0, 0.05) is 6.54 Å². The molecule has 0 aromatic rings. The molecule has 0 radical (unpaired) electrons. The van der Waals surface area contributed by atoms with Crippen LogP contribution in [0.5, 0.6) is 0 Å². The largest absolute Gasteiger partial charge is 0.394 e. The van der Waals surface area contributed by atoms with E-state index in [1.54, 1.807) is 0 Å². The van der Waals surface area contributed by atoms with Crippen LogP contribution in [0.15, 0.2) is 0 Å². The number of likely N-dealkylation sites (tertiary alicyclic amines) is 1. The summed E-state index contributed by atoms with van der Waals surface area (Å²) in [4.78, 5) is 12.5. The Balaban J connectivity index is 2.66. The lowest BCUT2D eigenvalue weighted by atomic mass is 10.2. The molecule has 0 spiro atoms. The topological polar surface area (TPSA) is 60.8 Å². The first-order chi connectivity index (χ1) is 5.20. The van der Waals surface area contributed by atoms with E-state index in [2.05, 4.69) is 0 Å². The first kappa shape index (κ1) is 8.49. The summed E-state index contributed by atoms with van der Waals surface area (Å²) >= 11 is 0. The van der Waals surface area contributed by atoms with Gasteiger partial charge in [-0.15, -0.1) is 0 Å². The zero-order chi connectivity index (χ0) is 8.43. The first-order valence-electron chi connectivity index (χ1n) is 3.79. The Morgan fingerprint density at radius 3 is 2.73 bits per heavy atom. The van der Waals surface area contributed by atoms with Crippen molar-refractivity contribution in [3.63, 3.8) is 0 Å². The first-order valence-corrected chi connectivity index (χ1v) is 3.79. The molecule has 1 fully saturated rings. The molecule has 0 bridgehead atoms.